The van der Waals surface area contributed by atoms with Crippen molar-refractivity contribution in [1.29, 1.82) is 0 Å². The molecule has 3 amide bonds. The van der Waals surface area contributed by atoms with Gasteiger partial charge in [0, 0.05) is 51.7 Å². The van der Waals surface area contributed by atoms with E-state index < -0.39 is 0 Å². The van der Waals surface area contributed by atoms with Crippen LogP contribution in [-0.2, 0) is 14.4 Å². The highest BCUT2D eigenvalue weighted by atomic mass is 35.5. The van der Waals surface area contributed by atoms with Crippen molar-refractivity contribution in [3.63, 3.8) is 0 Å². The molecule has 1 atom stereocenters. The first kappa shape index (κ1) is 50.7. The third-order valence-electron chi connectivity index (χ3n) is 11.1. The van der Waals surface area contributed by atoms with Crippen LogP contribution in [0.2, 0.25) is 0 Å². The summed E-state index contributed by atoms with van der Waals surface area (Å²) in [5, 5.41) is 6.29. The smallest absolute Gasteiger partial charge is 0.226 e. The number of nitrogens with zero attached hydrogens (tertiary/aromatic N) is 2. The molecule has 0 radical (unpaired) electrons. The Hall–Kier alpha value is -1.34. The molecular formula is C44H87ClN4O3. The van der Waals surface area contributed by atoms with E-state index in [4.69, 9.17) is 0 Å². The largest absolute Gasteiger partial charge is 1.00 e. The molecule has 1 heterocycles. The lowest BCUT2D eigenvalue weighted by Crippen LogP contribution is -3.00. The normalized spacial score (nSPS) is 14.0. The first-order valence-electron chi connectivity index (χ1n) is 22.5. The van der Waals surface area contributed by atoms with E-state index >= 15 is 0 Å². The predicted molar refractivity (Wildman–Crippen MR) is 218 cm³/mol. The maximum atomic E-state index is 12.5. The second-order valence-electron chi connectivity index (χ2n) is 16.4. The van der Waals surface area contributed by atoms with Crippen LogP contribution in [0.5, 0.6) is 0 Å². The number of amides is 3. The van der Waals surface area contributed by atoms with Gasteiger partial charge in [0.05, 0.1) is 20.1 Å². The summed E-state index contributed by atoms with van der Waals surface area (Å²) < 4.78 is 0.773. The van der Waals surface area contributed by atoms with Gasteiger partial charge in [0.25, 0.3) is 0 Å². The zero-order chi connectivity index (χ0) is 37.1. The fourth-order valence-electron chi connectivity index (χ4n) is 7.68. The zero-order valence-corrected chi connectivity index (χ0v) is 35.6. The third kappa shape index (κ3) is 31.1. The van der Waals surface area contributed by atoms with Crippen LogP contribution in [0.3, 0.4) is 0 Å². The van der Waals surface area contributed by atoms with Gasteiger partial charge in [0.2, 0.25) is 17.7 Å². The Morgan fingerprint density at radius 2 is 0.865 bits per heavy atom. The van der Waals surface area contributed by atoms with Crippen LogP contribution in [0, 0.1) is 0 Å². The Kier molecular flexibility index (Phi) is 35.7. The van der Waals surface area contributed by atoms with E-state index in [1.807, 2.05) is 4.90 Å². The highest BCUT2D eigenvalue weighted by Crippen LogP contribution is 2.17. The molecule has 2 N–H and O–H groups in total. The molecule has 8 heteroatoms. The Morgan fingerprint density at radius 3 is 1.17 bits per heavy atom. The SMILES string of the molecule is CCCCCCCCCCCCCCCCCC(=O)NCCC[N+](C)(CCCNC(=O)CCCCCCCCCCCCC)CN1CCCC1=O.[Cl-]. The molecule has 7 nitrogen and oxygen atoms in total. The molecule has 0 aromatic heterocycles. The van der Waals surface area contributed by atoms with Crippen LogP contribution in [-0.4, -0.2) is 73.5 Å². The molecule has 308 valence electrons. The zero-order valence-electron chi connectivity index (χ0n) is 34.9. The number of rotatable bonds is 38. The Morgan fingerprint density at radius 1 is 0.538 bits per heavy atom. The highest BCUT2D eigenvalue weighted by Gasteiger charge is 2.30. The minimum Gasteiger partial charge on any atom is -1.00 e. The van der Waals surface area contributed by atoms with Crippen molar-refractivity contribution in [3.05, 3.63) is 0 Å². The van der Waals surface area contributed by atoms with Gasteiger partial charge in [-0.25, -0.2) is 0 Å². The van der Waals surface area contributed by atoms with E-state index in [9.17, 15) is 14.4 Å². The minimum atomic E-state index is 0. The number of unbranched alkanes of at least 4 members (excludes halogenated alkanes) is 24. The summed E-state index contributed by atoms with van der Waals surface area (Å²) in [6.07, 6.45) is 38.9. The van der Waals surface area contributed by atoms with Crippen molar-refractivity contribution in [3.8, 4) is 0 Å². The number of halogens is 1. The quantitative estimate of drug-likeness (QED) is 0.0496. The van der Waals surface area contributed by atoms with E-state index in [1.54, 1.807) is 0 Å². The van der Waals surface area contributed by atoms with Crippen molar-refractivity contribution >= 4 is 17.7 Å². The van der Waals surface area contributed by atoms with Crippen molar-refractivity contribution < 1.29 is 31.3 Å². The van der Waals surface area contributed by atoms with E-state index in [-0.39, 0.29) is 30.1 Å². The van der Waals surface area contributed by atoms with Crippen molar-refractivity contribution in [2.45, 2.75) is 219 Å². The lowest BCUT2D eigenvalue weighted by Gasteiger charge is -2.38. The highest BCUT2D eigenvalue weighted by molar-refractivity contribution is 5.78. The second-order valence-corrected chi connectivity index (χ2v) is 16.4. The van der Waals surface area contributed by atoms with Gasteiger partial charge in [-0.15, -0.1) is 0 Å². The second kappa shape index (κ2) is 36.6. The molecule has 52 heavy (non-hydrogen) atoms. The molecule has 0 aromatic carbocycles. The van der Waals surface area contributed by atoms with E-state index in [0.29, 0.717) is 32.4 Å². The lowest BCUT2D eigenvalue weighted by atomic mass is 10.0. The van der Waals surface area contributed by atoms with Crippen molar-refractivity contribution in [2.24, 2.45) is 0 Å². The lowest BCUT2D eigenvalue weighted by molar-refractivity contribution is -0.917. The molecule has 0 spiro atoms. The summed E-state index contributed by atoms with van der Waals surface area (Å²) in [6.45, 7) is 9.32. The van der Waals surface area contributed by atoms with Crippen LogP contribution in [0.25, 0.3) is 0 Å². The average molecular weight is 756 g/mol. The summed E-state index contributed by atoms with van der Waals surface area (Å²) in [4.78, 5) is 39.4. The van der Waals surface area contributed by atoms with Gasteiger partial charge in [-0.1, -0.05) is 168 Å². The van der Waals surface area contributed by atoms with E-state index in [2.05, 4.69) is 31.5 Å². The molecule has 0 bridgehead atoms. The first-order chi connectivity index (χ1) is 24.9. The van der Waals surface area contributed by atoms with E-state index in [1.165, 1.54) is 141 Å². The van der Waals surface area contributed by atoms with Crippen LogP contribution < -0.4 is 23.0 Å². The molecule has 1 unspecified atom stereocenters. The molecular weight excluding hydrogens is 668 g/mol. The van der Waals surface area contributed by atoms with Gasteiger partial charge in [-0.05, 0) is 19.3 Å². The minimum absolute atomic E-state index is 0. The van der Waals surface area contributed by atoms with Crippen LogP contribution >= 0.6 is 0 Å². The first-order valence-corrected chi connectivity index (χ1v) is 22.5. The molecule has 0 aromatic rings. The molecule has 0 saturated carbocycles. The van der Waals surface area contributed by atoms with Crippen LogP contribution in [0.4, 0.5) is 0 Å². The molecule has 1 saturated heterocycles. The summed E-state index contributed by atoms with van der Waals surface area (Å²) >= 11 is 0. The number of likely N-dealkylation sites (tertiary alicyclic amines) is 1. The van der Waals surface area contributed by atoms with Gasteiger partial charge in [0.15, 0.2) is 6.67 Å². The van der Waals surface area contributed by atoms with Gasteiger partial charge in [0.1, 0.15) is 0 Å². The van der Waals surface area contributed by atoms with Crippen molar-refractivity contribution in [1.82, 2.24) is 15.5 Å². The maximum absolute atomic E-state index is 12.5. The molecule has 1 fully saturated rings. The third-order valence-corrected chi connectivity index (χ3v) is 11.1. The van der Waals surface area contributed by atoms with E-state index in [0.717, 1.165) is 75.7 Å². The maximum Gasteiger partial charge on any atom is 0.226 e. The van der Waals surface area contributed by atoms with Crippen LogP contribution in [0.15, 0.2) is 0 Å². The van der Waals surface area contributed by atoms with Gasteiger partial charge in [-0.3, -0.25) is 19.3 Å². The Labute approximate surface area is 329 Å². The number of hydrogen-bond donors (Lipinski definition) is 2. The fourth-order valence-corrected chi connectivity index (χ4v) is 7.68. The topological polar surface area (TPSA) is 78.5 Å². The summed E-state index contributed by atoms with van der Waals surface area (Å²) in [5.74, 6) is 0.609. The number of quaternary nitrogens is 1. The molecule has 0 aliphatic carbocycles. The van der Waals surface area contributed by atoms with Gasteiger partial charge >= 0.3 is 0 Å². The molecule has 1 aliphatic heterocycles. The fraction of sp³-hybridized carbons (Fsp3) is 0.932. The average Bonchev–Trinajstić information content (AvgIpc) is 3.52. The van der Waals surface area contributed by atoms with Crippen molar-refractivity contribution in [2.75, 3.05) is 46.4 Å². The van der Waals surface area contributed by atoms with Crippen LogP contribution in [0.1, 0.15) is 219 Å². The standard InChI is InChI=1S/C44H86N4O3.ClH/c1-4-6-8-10-12-14-16-17-18-19-21-23-25-27-29-34-43(50)46-37-32-40-48(3,41-47-38-30-35-44(47)51)39-31-36-45-42(49)33-28-26-24-22-20-15-13-11-9-7-5-2;/h4-41H2,1-3H3,(H-,45,46,49,50);1H. The number of hydrogen-bond acceptors (Lipinski definition) is 3. The predicted octanol–water partition coefficient (Wildman–Crippen LogP) is 7.99. The summed E-state index contributed by atoms with van der Waals surface area (Å²) in [7, 11) is 2.23. The Balaban J connectivity index is 0.0000260. The number of carbonyl (C=O) groups is 3. The summed E-state index contributed by atoms with van der Waals surface area (Å²) in [5.41, 5.74) is 0. The Bertz CT molecular complexity index is 844. The molecule has 1 aliphatic rings. The number of nitrogens with one attached hydrogen (secondary N) is 2. The van der Waals surface area contributed by atoms with Gasteiger partial charge < -0.3 is 27.5 Å². The number of carbonyl (C=O) groups excluding carboxylic acids is 3. The summed E-state index contributed by atoms with van der Waals surface area (Å²) in [6, 6.07) is 0. The monoisotopic (exact) mass is 755 g/mol. The molecule has 1 rings (SSSR count). The van der Waals surface area contributed by atoms with Gasteiger partial charge in [-0.2, -0.15) is 0 Å².